The van der Waals surface area contributed by atoms with Crippen LogP contribution in [0.3, 0.4) is 0 Å². The third-order valence-corrected chi connectivity index (χ3v) is 19.9. The quantitative estimate of drug-likeness (QED) is 0.0428. The number of aromatic nitrogens is 23. The lowest BCUT2D eigenvalue weighted by Gasteiger charge is -2.21. The van der Waals surface area contributed by atoms with Gasteiger partial charge in [0.2, 0.25) is 5.91 Å². The molecule has 0 aliphatic carbocycles. The molecular weight excluding hydrogens is 1500 g/mol. The van der Waals surface area contributed by atoms with Crippen molar-refractivity contribution in [3.63, 3.8) is 0 Å². The van der Waals surface area contributed by atoms with Gasteiger partial charge in [0.1, 0.15) is 34.9 Å². The number of rotatable bonds is 16. The maximum Gasteiger partial charge on any atom is 0.227 e. The minimum atomic E-state index is 0.200. The Hall–Kier alpha value is -15.4. The first kappa shape index (κ1) is 78.8. The monoisotopic (exact) mass is 1590 g/mol. The van der Waals surface area contributed by atoms with E-state index in [2.05, 4.69) is 182 Å². The molecule has 602 valence electrons. The van der Waals surface area contributed by atoms with E-state index in [9.17, 15) is 4.79 Å². The van der Waals surface area contributed by atoms with Crippen LogP contribution in [0.15, 0.2) is 200 Å². The molecule has 1 fully saturated rings. The fourth-order valence-electron chi connectivity index (χ4n) is 14.0. The van der Waals surface area contributed by atoms with E-state index in [1.807, 2.05) is 207 Å². The molecular formula is C86H91N31O2. The van der Waals surface area contributed by atoms with Crippen LogP contribution in [-0.4, -0.2) is 156 Å². The van der Waals surface area contributed by atoms with Crippen LogP contribution >= 0.6 is 0 Å². The summed E-state index contributed by atoms with van der Waals surface area (Å²) in [5.41, 5.74) is 20.5. The molecule has 16 heterocycles. The lowest BCUT2D eigenvalue weighted by Crippen LogP contribution is -2.23. The molecule has 15 aromatic heterocycles. The van der Waals surface area contributed by atoms with E-state index in [1.165, 1.54) is 6.39 Å². The number of carbonyl (C=O) groups excluding carboxylic acids is 1. The Balaban J connectivity index is 0.000000112. The van der Waals surface area contributed by atoms with Crippen molar-refractivity contribution in [2.45, 2.75) is 68.2 Å². The summed E-state index contributed by atoms with van der Waals surface area (Å²) in [5, 5.41) is 75.7. The van der Waals surface area contributed by atoms with E-state index in [0.29, 0.717) is 12.3 Å². The second-order valence-electron chi connectivity index (χ2n) is 29.3. The summed E-state index contributed by atoms with van der Waals surface area (Å²) in [4.78, 5) is 48.3. The summed E-state index contributed by atoms with van der Waals surface area (Å²) < 4.78 is 8.88. The summed E-state index contributed by atoms with van der Waals surface area (Å²) in [7, 11) is 9.94. The molecule has 0 atom stereocenters. The van der Waals surface area contributed by atoms with Gasteiger partial charge < -0.3 is 45.7 Å². The molecule has 33 nitrogen and oxygen atoms in total. The molecule has 19 aromatic rings. The van der Waals surface area contributed by atoms with Crippen LogP contribution < -0.4 is 41.3 Å². The number of nitrogens with one attached hydrogen (secondary N) is 11. The summed E-state index contributed by atoms with van der Waals surface area (Å²) in [6.07, 6.45) is 20.8. The van der Waals surface area contributed by atoms with Crippen molar-refractivity contribution < 1.29 is 9.21 Å². The molecule has 0 bridgehead atoms. The number of amides is 1. The number of aromatic amines is 6. The number of aryl methyl sites for hydroxylation is 8. The molecule has 4 aromatic carbocycles. The van der Waals surface area contributed by atoms with Crippen molar-refractivity contribution >= 4 is 157 Å². The maximum absolute atomic E-state index is 11.8. The third-order valence-electron chi connectivity index (χ3n) is 19.9. The highest BCUT2D eigenvalue weighted by Gasteiger charge is 2.23. The Kier molecular flexibility index (Phi) is 23.3. The van der Waals surface area contributed by atoms with Gasteiger partial charge in [0.25, 0.3) is 0 Å². The van der Waals surface area contributed by atoms with Gasteiger partial charge in [-0.3, -0.25) is 44.8 Å². The van der Waals surface area contributed by atoms with Crippen molar-refractivity contribution in [3.8, 4) is 11.3 Å². The molecule has 11 N–H and O–H groups in total. The predicted molar refractivity (Wildman–Crippen MR) is 471 cm³/mol. The van der Waals surface area contributed by atoms with Crippen molar-refractivity contribution in [2.75, 3.05) is 75.5 Å². The molecule has 1 saturated heterocycles. The SMILES string of the molecule is Cc1[nH]nc2ccnc(N(C)CC(C)C)c12.Cc1[nH]nc2ccnc(Nc3ccc(-c4cnco4)cc3)c12.Cc1[nH]nc2ccnc(Nc3ccc(N4CCCC4=O)cc3)c12.Cc1[nH]nc2ccnc(Nc3ccc4cnn(C)c4c3)c12.Cc1[nH]nc2ccnc(Nc3cccc(N(C)C)c3)c12.Cc1[nH]nc2ccnc(Nc3cnn(C)c3)c12. The Labute approximate surface area is 683 Å². The van der Waals surface area contributed by atoms with Crippen LogP contribution in [0, 0.1) is 47.5 Å². The fourth-order valence-corrected chi connectivity index (χ4v) is 14.0. The lowest BCUT2D eigenvalue weighted by molar-refractivity contribution is -0.117. The summed E-state index contributed by atoms with van der Waals surface area (Å²) >= 11 is 0. The molecule has 0 radical (unpaired) electrons. The number of pyridine rings is 6. The predicted octanol–water partition coefficient (Wildman–Crippen LogP) is 16.9. The molecule has 0 spiro atoms. The average Bonchev–Trinajstić information content (AvgIpc) is 1.67. The molecule has 20 rings (SSSR count). The Morgan fingerprint density at radius 1 is 0.462 bits per heavy atom. The number of carbonyl (C=O) groups is 1. The average molecular weight is 1590 g/mol. The number of hydrogen-bond acceptors (Lipinski definition) is 24. The number of anilines is 13. The Bertz CT molecular complexity index is 6680. The zero-order chi connectivity index (χ0) is 82.8. The van der Waals surface area contributed by atoms with E-state index < -0.39 is 0 Å². The molecule has 0 saturated carbocycles. The highest BCUT2D eigenvalue weighted by atomic mass is 16.3. The summed E-state index contributed by atoms with van der Waals surface area (Å²) in [5.74, 6) is 6.57. The van der Waals surface area contributed by atoms with Gasteiger partial charge in [-0.1, -0.05) is 19.9 Å². The smallest absolute Gasteiger partial charge is 0.227 e. The normalized spacial score (nSPS) is 11.7. The minimum absolute atomic E-state index is 0.200. The highest BCUT2D eigenvalue weighted by Crippen LogP contribution is 2.34. The van der Waals surface area contributed by atoms with Gasteiger partial charge in [0.15, 0.2) is 12.2 Å². The summed E-state index contributed by atoms with van der Waals surface area (Å²) in [6.45, 7) is 18.2. The van der Waals surface area contributed by atoms with E-state index >= 15 is 0 Å². The van der Waals surface area contributed by atoms with Crippen LogP contribution in [0.2, 0.25) is 0 Å². The first-order valence-electron chi connectivity index (χ1n) is 38.7. The van der Waals surface area contributed by atoms with Crippen LogP contribution in [0.4, 0.5) is 74.7 Å². The molecule has 1 aliphatic heterocycles. The number of H-pyrrole nitrogens is 6. The van der Waals surface area contributed by atoms with Gasteiger partial charge in [-0.2, -0.15) is 40.8 Å². The van der Waals surface area contributed by atoms with Crippen LogP contribution in [-0.2, 0) is 18.9 Å². The first-order valence-corrected chi connectivity index (χ1v) is 38.7. The van der Waals surface area contributed by atoms with E-state index in [1.54, 1.807) is 48.1 Å². The van der Waals surface area contributed by atoms with Crippen molar-refractivity contribution in [2.24, 2.45) is 20.0 Å². The third kappa shape index (κ3) is 17.9. The number of oxazole rings is 1. The molecule has 0 unspecified atom stereocenters. The minimum Gasteiger partial charge on any atom is -0.444 e. The molecule has 1 amide bonds. The largest absolute Gasteiger partial charge is 0.444 e. The maximum atomic E-state index is 11.8. The molecule has 119 heavy (non-hydrogen) atoms. The van der Waals surface area contributed by atoms with Crippen LogP contribution in [0.5, 0.6) is 0 Å². The van der Waals surface area contributed by atoms with Crippen molar-refractivity contribution in [1.82, 2.24) is 116 Å². The van der Waals surface area contributed by atoms with Gasteiger partial charge in [0.05, 0.1) is 95.2 Å². The molecule has 1 aliphatic rings. The fraction of sp³-hybridized carbons (Fsp3) is 0.209. The first-order chi connectivity index (χ1) is 57.7. The van der Waals surface area contributed by atoms with Gasteiger partial charge in [-0.05, 0) is 175 Å². The van der Waals surface area contributed by atoms with Crippen LogP contribution in [0.1, 0.15) is 60.9 Å². The Morgan fingerprint density at radius 3 is 1.32 bits per heavy atom. The van der Waals surface area contributed by atoms with Gasteiger partial charge in [0, 0.05) is 177 Å². The van der Waals surface area contributed by atoms with Crippen molar-refractivity contribution in [3.05, 3.63) is 230 Å². The topological polar surface area (TPSA) is 398 Å². The second-order valence-corrected chi connectivity index (χ2v) is 29.3. The highest BCUT2D eigenvalue weighted by molar-refractivity contribution is 5.99. The van der Waals surface area contributed by atoms with Crippen LogP contribution in [0.25, 0.3) is 87.6 Å². The number of fused-ring (bicyclic) bond motifs is 7. The van der Waals surface area contributed by atoms with Gasteiger partial charge in [-0.25, -0.2) is 34.9 Å². The van der Waals surface area contributed by atoms with E-state index in [0.717, 1.165) is 216 Å². The zero-order valence-electron chi connectivity index (χ0n) is 68.1. The Morgan fingerprint density at radius 2 is 0.891 bits per heavy atom. The second kappa shape index (κ2) is 35.1. The van der Waals surface area contributed by atoms with Gasteiger partial charge >= 0.3 is 0 Å². The van der Waals surface area contributed by atoms with Crippen molar-refractivity contribution in [1.29, 1.82) is 0 Å². The lowest BCUT2D eigenvalue weighted by atomic mass is 10.1. The van der Waals surface area contributed by atoms with Gasteiger partial charge in [-0.15, -0.1) is 0 Å². The number of benzene rings is 4. The molecule has 33 heteroatoms. The number of hydrogen-bond donors (Lipinski definition) is 11. The van der Waals surface area contributed by atoms with E-state index in [4.69, 9.17) is 4.42 Å². The standard InChI is InChI=1S/C17H17N5O.C16H13N5O.C15H14N6.C15H17N5.C12H18N4.C11H12N6/c1-11-16-14(21-20-11)8-9-18-17(16)19-12-4-6-13(7-5-12)22-10-2-3-15(22)23;1-10-15-13(21-20-10)6-7-18-16(15)19-12-4-2-11(3-5-12)14-8-17-9-22-14;1-9-14-12(20-19-9)5-6-16-15(14)18-11-4-3-10-8-17-21(2)13(10)7-11;1-10-14-13(19-18-10)7-8-16-15(14)17-11-5-4-6-12(9-11)20(2)3;1-8(2)7-16(4)12-11-9(3)14-15-10(11)5-6-13-12;1-7-10-9(16-15-7)3-4-12-11(10)14-8-5-13-17(2)6-8/h4-9H,2-3,10H2,1H3,(H,18,19)(H,20,21);2-9H,1H3,(H,18,19)(H,20,21);3-8H,1-2H3,(H,16,18)(H,19,20);4-9H,1-3H3,(H,16,17)(H,18,19);5-6,8H,7H2,1-4H3,(H,14,15);3-6H,1-2H3,(H,12,14)(H,15,16). The number of nitrogens with zero attached hydrogens (tertiary/aromatic N) is 20. The van der Waals surface area contributed by atoms with E-state index in [-0.39, 0.29) is 5.91 Å². The zero-order valence-corrected chi connectivity index (χ0v) is 68.1. The summed E-state index contributed by atoms with van der Waals surface area (Å²) in [6, 6.07) is 41.5.